The van der Waals surface area contributed by atoms with Crippen LogP contribution in [-0.2, 0) is 0 Å². The van der Waals surface area contributed by atoms with Gasteiger partial charge in [-0.05, 0) is 186 Å². The number of aryl methyl sites for hydroxylation is 4. The van der Waals surface area contributed by atoms with E-state index in [0.29, 0.717) is 0 Å². The molecular weight excluding hydrogens is 1780 g/mol. The summed E-state index contributed by atoms with van der Waals surface area (Å²) in [5.41, 5.74) is 23.1. The number of hydrogen-bond donors (Lipinski definition) is 0. The monoisotopic (exact) mass is 1890 g/mol. The van der Waals surface area contributed by atoms with Crippen LogP contribution in [0.2, 0.25) is 0 Å². The predicted molar refractivity (Wildman–Crippen MR) is 618 cm³/mol. The molecule has 0 amide bonds. The normalized spacial score (nSPS) is 10.7. The van der Waals surface area contributed by atoms with E-state index in [1.165, 1.54) is 191 Å². The largest absolute Gasteiger partial charge is 0.456 e. The minimum Gasteiger partial charge on any atom is -0.456 e. The van der Waals surface area contributed by atoms with Crippen molar-refractivity contribution in [3.8, 4) is 44.5 Å². The summed E-state index contributed by atoms with van der Waals surface area (Å²) in [5.74, 6) is 0. The van der Waals surface area contributed by atoms with E-state index in [9.17, 15) is 0 Å². The lowest BCUT2D eigenvalue weighted by Gasteiger charge is -2.04. The van der Waals surface area contributed by atoms with Crippen LogP contribution in [0, 0.1) is 27.7 Å². The average Bonchev–Trinajstić information content (AvgIpc) is 1.62. The maximum Gasteiger partial charge on any atom is 0.138 e. The van der Waals surface area contributed by atoms with E-state index in [-0.39, 0.29) is 0 Å². The Kier molecular flexibility index (Phi) is 31.7. The molecule has 28 rings (SSSR count). The number of furan rings is 4. The lowest BCUT2D eigenvalue weighted by atomic mass is 10.00. The molecule has 0 N–H and O–H groups in total. The van der Waals surface area contributed by atoms with Crippen molar-refractivity contribution in [2.24, 2.45) is 0 Å². The number of thiophene rings is 4. The maximum absolute atomic E-state index is 5.78. The Balaban J connectivity index is 0.000000110. The van der Waals surface area contributed by atoms with Gasteiger partial charge in [0.05, 0.1) is 0 Å². The molecule has 8 heteroatoms. The van der Waals surface area contributed by atoms with Crippen LogP contribution in [0.1, 0.15) is 77.6 Å². The second kappa shape index (κ2) is 46.1. The average molecular weight is 1890 g/mol. The fourth-order valence-corrected chi connectivity index (χ4v) is 22.4. The zero-order valence-corrected chi connectivity index (χ0v) is 84.4. The van der Waals surface area contributed by atoms with E-state index < -0.39 is 0 Å². The first-order valence-electron chi connectivity index (χ1n) is 48.5. The molecule has 140 heavy (non-hydrogen) atoms. The SMILES string of the molecule is CC.CC.CC.CC.Cc1ccc2c(c1)oc1ccccc12.Cc1ccc2oc3ccccc3c2c1.Cc1cccc2c1oc1ccccc12.Cc1cccc2oc3ccccc3c12.c1ccc(-c2ccc3c(c2)sc2ccccc23)cc1.c1ccc(-c2ccc3sc4ccccc4c3c2)cc1.c1ccc(-c2cccc3c2sc2ccccc23)cc1.c1ccc(-c2cccc3sc4ccccc4c23)cc1. The van der Waals surface area contributed by atoms with Gasteiger partial charge >= 0.3 is 0 Å². The molecule has 20 aromatic carbocycles. The van der Waals surface area contributed by atoms with Gasteiger partial charge in [0.25, 0.3) is 0 Å². The third-order valence-electron chi connectivity index (χ3n) is 24.2. The molecule has 8 aromatic heterocycles. The van der Waals surface area contributed by atoms with Crippen molar-refractivity contribution in [1.29, 1.82) is 0 Å². The van der Waals surface area contributed by atoms with Gasteiger partial charge in [-0.15, -0.1) is 45.3 Å². The van der Waals surface area contributed by atoms with Crippen LogP contribution in [0.25, 0.3) is 213 Å². The summed E-state index contributed by atoms with van der Waals surface area (Å²) >= 11 is 7.49. The second-order valence-corrected chi connectivity index (χ2v) is 37.2. The molecule has 0 aliphatic carbocycles. The molecule has 0 spiro atoms. The van der Waals surface area contributed by atoms with Crippen LogP contribution in [0.3, 0.4) is 0 Å². The Hall–Kier alpha value is -15.5. The summed E-state index contributed by atoms with van der Waals surface area (Å²) in [5, 5.41) is 20.6. The quantitative estimate of drug-likeness (QED) is 0.176. The van der Waals surface area contributed by atoms with Gasteiger partial charge in [0.1, 0.15) is 44.7 Å². The molecule has 4 nitrogen and oxygen atoms in total. The van der Waals surface area contributed by atoms with Gasteiger partial charge in [0, 0.05) is 124 Å². The van der Waals surface area contributed by atoms with E-state index in [0.717, 1.165) is 44.7 Å². The van der Waals surface area contributed by atoms with E-state index in [4.69, 9.17) is 17.7 Å². The maximum atomic E-state index is 5.78. The fourth-order valence-electron chi connectivity index (χ4n) is 17.8. The molecule has 0 radical (unpaired) electrons. The van der Waals surface area contributed by atoms with Crippen LogP contribution in [0.15, 0.2) is 479 Å². The van der Waals surface area contributed by atoms with Gasteiger partial charge in [-0.2, -0.15) is 0 Å². The molecule has 0 fully saturated rings. The van der Waals surface area contributed by atoms with Gasteiger partial charge in [-0.3, -0.25) is 0 Å². The lowest BCUT2D eigenvalue weighted by Crippen LogP contribution is -1.78. The summed E-state index contributed by atoms with van der Waals surface area (Å²) in [4.78, 5) is 0. The third kappa shape index (κ3) is 21.1. The molecule has 8 heterocycles. The van der Waals surface area contributed by atoms with Crippen LogP contribution >= 0.6 is 45.3 Å². The van der Waals surface area contributed by atoms with Crippen LogP contribution < -0.4 is 0 Å². The Morgan fingerprint density at radius 2 is 0.500 bits per heavy atom. The van der Waals surface area contributed by atoms with Gasteiger partial charge < -0.3 is 17.7 Å². The van der Waals surface area contributed by atoms with Crippen molar-refractivity contribution in [1.82, 2.24) is 0 Å². The first kappa shape index (κ1) is 96.2. The van der Waals surface area contributed by atoms with Crippen molar-refractivity contribution >= 4 is 214 Å². The summed E-state index contributed by atoms with van der Waals surface area (Å²) in [6.45, 7) is 24.4. The van der Waals surface area contributed by atoms with E-state index in [1.807, 2.05) is 192 Å². The van der Waals surface area contributed by atoms with Gasteiger partial charge in [-0.1, -0.05) is 425 Å². The lowest BCUT2D eigenvalue weighted by molar-refractivity contribution is 0.665. The Morgan fingerprint density at radius 3 is 1.11 bits per heavy atom. The number of fused-ring (bicyclic) bond motifs is 24. The first-order chi connectivity index (χ1) is 69.1. The standard InChI is InChI=1S/4C18H12S.4C13H10O.4C2H6/c1-2-7-13(8-3-1)14-10-6-11-16-15-9-4-5-12-17(15)19-18(14)16;1-2-7-13(8-3-1)14-10-6-12-17-18(14)15-9-4-5-11-16(15)19-17;1-2-6-13(7-3-1)14-10-11-18-16(12-14)15-8-4-5-9-17(15)19-18;1-2-6-13(7-3-1)14-10-11-16-15-8-4-5-9-17(15)19-18(16)12-14;1-9-5-4-7-11-10-6-2-3-8-12(10)14-13(9)11;1-9-5-4-8-12-13(9)10-6-2-3-7-11(10)14-12;1-9-6-7-13-11(8-9)10-4-2-3-5-12(10)14-13;1-9-6-7-11-10-4-2-3-5-12(10)14-13(11)8-9;4*1-2/h4*1-12H;4*2-8H,1H3;4*1-2H3. The molecular formula is C132H112O4S4. The highest BCUT2D eigenvalue weighted by atomic mass is 32.1. The molecule has 0 atom stereocenters. The predicted octanol–water partition coefficient (Wildman–Crippen LogP) is 42.6. The first-order valence-corrected chi connectivity index (χ1v) is 51.7. The molecule has 28 aromatic rings. The highest BCUT2D eigenvalue weighted by molar-refractivity contribution is 7.27. The number of benzene rings is 20. The van der Waals surface area contributed by atoms with E-state index in [1.54, 1.807) is 0 Å². The third-order valence-corrected chi connectivity index (χ3v) is 28.9. The number of hydrogen-bond acceptors (Lipinski definition) is 8. The summed E-state index contributed by atoms with van der Waals surface area (Å²) < 4.78 is 33.9. The molecule has 0 unspecified atom stereocenters. The Bertz CT molecular complexity index is 8920. The van der Waals surface area contributed by atoms with Crippen molar-refractivity contribution in [3.63, 3.8) is 0 Å². The molecule has 0 aliphatic rings. The number of para-hydroxylation sites is 5. The van der Waals surface area contributed by atoms with Crippen molar-refractivity contribution in [2.75, 3.05) is 0 Å². The van der Waals surface area contributed by atoms with Crippen molar-refractivity contribution < 1.29 is 17.7 Å². The van der Waals surface area contributed by atoms with Crippen LogP contribution in [0.4, 0.5) is 0 Å². The molecule has 0 aliphatic heterocycles. The summed E-state index contributed by atoms with van der Waals surface area (Å²) in [6, 6.07) is 161. The smallest absolute Gasteiger partial charge is 0.138 e. The highest BCUT2D eigenvalue weighted by Crippen LogP contribution is 2.44. The summed E-state index contributed by atoms with van der Waals surface area (Å²) in [6.07, 6.45) is 0. The zero-order chi connectivity index (χ0) is 96.8. The van der Waals surface area contributed by atoms with Gasteiger partial charge in [-0.25, -0.2) is 0 Å². The van der Waals surface area contributed by atoms with E-state index >= 15 is 0 Å². The minimum absolute atomic E-state index is 0.966. The highest BCUT2D eigenvalue weighted by Gasteiger charge is 2.16. The van der Waals surface area contributed by atoms with Crippen molar-refractivity contribution in [3.05, 3.63) is 483 Å². The van der Waals surface area contributed by atoms with Crippen LogP contribution in [0.5, 0.6) is 0 Å². The van der Waals surface area contributed by atoms with Gasteiger partial charge in [0.15, 0.2) is 0 Å². The Labute approximate surface area is 835 Å². The van der Waals surface area contributed by atoms with Crippen molar-refractivity contribution in [2.45, 2.75) is 83.1 Å². The molecule has 688 valence electrons. The zero-order valence-electron chi connectivity index (χ0n) is 81.1. The Morgan fingerprint density at radius 1 is 0.157 bits per heavy atom. The molecule has 0 saturated heterocycles. The van der Waals surface area contributed by atoms with Gasteiger partial charge in [0.2, 0.25) is 0 Å². The minimum atomic E-state index is 0.966. The van der Waals surface area contributed by atoms with E-state index in [2.05, 4.69) is 398 Å². The molecule has 0 saturated carbocycles. The molecule has 0 bridgehead atoms. The fraction of sp³-hybridized carbons (Fsp3) is 0.0909. The summed E-state index contributed by atoms with van der Waals surface area (Å²) in [7, 11) is 0. The topological polar surface area (TPSA) is 52.6 Å². The van der Waals surface area contributed by atoms with Crippen LogP contribution in [-0.4, -0.2) is 0 Å². The second-order valence-electron chi connectivity index (χ2n) is 32.9. The number of rotatable bonds is 4.